The molecule has 112 valence electrons. The monoisotopic (exact) mass is 303 g/mol. The second-order valence-corrected chi connectivity index (χ2v) is 6.74. The van der Waals surface area contributed by atoms with E-state index in [1.165, 1.54) is 6.42 Å². The van der Waals surface area contributed by atoms with Crippen LogP contribution in [0.15, 0.2) is 35.7 Å². The van der Waals surface area contributed by atoms with E-state index in [4.69, 9.17) is 4.74 Å². The highest BCUT2D eigenvalue weighted by Gasteiger charge is 2.38. The summed E-state index contributed by atoms with van der Waals surface area (Å²) < 4.78 is 5.58. The third-order valence-electron chi connectivity index (χ3n) is 4.34. The van der Waals surface area contributed by atoms with Crippen LogP contribution in [0.1, 0.15) is 30.7 Å². The van der Waals surface area contributed by atoms with Gasteiger partial charge in [0.1, 0.15) is 0 Å². The van der Waals surface area contributed by atoms with Crippen LogP contribution in [-0.4, -0.2) is 28.9 Å². The number of nitrogens with zero attached hydrogens (tertiary/aromatic N) is 1. The van der Waals surface area contributed by atoms with Gasteiger partial charge in [-0.05, 0) is 19.3 Å². The van der Waals surface area contributed by atoms with Crippen LogP contribution in [-0.2, 0) is 11.2 Å². The second kappa shape index (κ2) is 6.26. The van der Waals surface area contributed by atoms with E-state index >= 15 is 0 Å². The molecule has 3 rings (SSSR count). The highest BCUT2D eigenvalue weighted by Crippen LogP contribution is 2.39. The zero-order chi connectivity index (χ0) is 14.7. The van der Waals surface area contributed by atoms with Crippen molar-refractivity contribution >= 4 is 11.3 Å². The molecule has 0 radical (unpaired) electrons. The van der Waals surface area contributed by atoms with Crippen molar-refractivity contribution in [1.82, 2.24) is 4.98 Å². The molecule has 1 atom stereocenters. The predicted molar refractivity (Wildman–Crippen MR) is 85.5 cm³/mol. The summed E-state index contributed by atoms with van der Waals surface area (Å²) in [5, 5.41) is 13.4. The molecule has 1 saturated carbocycles. The summed E-state index contributed by atoms with van der Waals surface area (Å²) in [4.78, 5) is 4.64. The van der Waals surface area contributed by atoms with Gasteiger partial charge in [0, 0.05) is 30.9 Å². The van der Waals surface area contributed by atoms with Crippen LogP contribution in [0.3, 0.4) is 0 Å². The molecule has 0 amide bonds. The van der Waals surface area contributed by atoms with Gasteiger partial charge in [-0.1, -0.05) is 30.3 Å². The fourth-order valence-corrected chi connectivity index (χ4v) is 3.79. The van der Waals surface area contributed by atoms with Gasteiger partial charge >= 0.3 is 0 Å². The maximum atomic E-state index is 10.3. The lowest BCUT2D eigenvalue weighted by Gasteiger charge is -2.41. The zero-order valence-corrected chi connectivity index (χ0v) is 13.1. The van der Waals surface area contributed by atoms with Crippen molar-refractivity contribution in [3.8, 4) is 11.3 Å². The van der Waals surface area contributed by atoms with Crippen molar-refractivity contribution in [3.05, 3.63) is 40.7 Å². The summed E-state index contributed by atoms with van der Waals surface area (Å²) in [6, 6.07) is 10.2. The third kappa shape index (κ3) is 3.34. The SMILES string of the molecule is COC1(CC(O)Cc2nc(-c3ccccc3)cs2)CCC1. The van der Waals surface area contributed by atoms with Crippen LogP contribution in [0.2, 0.25) is 0 Å². The Balaban J connectivity index is 1.62. The Morgan fingerprint density at radius 3 is 2.71 bits per heavy atom. The van der Waals surface area contributed by atoms with Crippen LogP contribution in [0.4, 0.5) is 0 Å². The van der Waals surface area contributed by atoms with Gasteiger partial charge in [0.05, 0.1) is 22.4 Å². The van der Waals surface area contributed by atoms with Crippen LogP contribution in [0.5, 0.6) is 0 Å². The average Bonchev–Trinajstić information content (AvgIpc) is 2.92. The minimum absolute atomic E-state index is 0.0844. The standard InChI is InChI=1S/C17H21NO2S/c1-20-17(8-5-9-17)11-14(19)10-16-18-15(12-21-16)13-6-3-2-4-7-13/h2-4,6-7,12,14,19H,5,8-11H2,1H3. The number of thiazole rings is 1. The highest BCUT2D eigenvalue weighted by molar-refractivity contribution is 7.09. The Morgan fingerprint density at radius 2 is 2.10 bits per heavy atom. The van der Waals surface area contributed by atoms with E-state index < -0.39 is 0 Å². The van der Waals surface area contributed by atoms with E-state index in [-0.39, 0.29) is 11.7 Å². The number of hydrogen-bond donors (Lipinski definition) is 1. The molecule has 3 nitrogen and oxygen atoms in total. The molecule has 1 unspecified atom stereocenters. The maximum absolute atomic E-state index is 10.3. The zero-order valence-electron chi connectivity index (χ0n) is 12.3. The predicted octanol–water partition coefficient (Wildman–Crippen LogP) is 3.67. The minimum atomic E-state index is -0.375. The first-order valence-electron chi connectivity index (χ1n) is 7.44. The molecule has 1 aliphatic carbocycles. The number of methoxy groups -OCH3 is 1. The lowest BCUT2D eigenvalue weighted by molar-refractivity contribution is -0.0989. The number of aliphatic hydroxyl groups excluding tert-OH is 1. The molecule has 1 heterocycles. The van der Waals surface area contributed by atoms with E-state index in [9.17, 15) is 5.11 Å². The van der Waals surface area contributed by atoms with Crippen molar-refractivity contribution in [1.29, 1.82) is 0 Å². The summed E-state index contributed by atoms with van der Waals surface area (Å²) in [7, 11) is 1.75. The molecule has 0 saturated heterocycles. The largest absolute Gasteiger partial charge is 0.393 e. The highest BCUT2D eigenvalue weighted by atomic mass is 32.1. The first-order valence-corrected chi connectivity index (χ1v) is 8.32. The van der Waals surface area contributed by atoms with Gasteiger partial charge < -0.3 is 9.84 Å². The summed E-state index contributed by atoms with van der Waals surface area (Å²) in [6.45, 7) is 0. The van der Waals surface area contributed by atoms with E-state index in [1.807, 2.05) is 18.2 Å². The van der Waals surface area contributed by atoms with E-state index in [1.54, 1.807) is 18.4 Å². The number of benzene rings is 1. The fraction of sp³-hybridized carbons (Fsp3) is 0.471. The lowest BCUT2D eigenvalue weighted by Crippen LogP contribution is -2.42. The molecule has 21 heavy (non-hydrogen) atoms. The average molecular weight is 303 g/mol. The first kappa shape index (κ1) is 14.7. The number of hydrogen-bond acceptors (Lipinski definition) is 4. The van der Waals surface area contributed by atoms with Crippen molar-refractivity contribution < 1.29 is 9.84 Å². The van der Waals surface area contributed by atoms with Gasteiger partial charge in [-0.15, -0.1) is 11.3 Å². The van der Waals surface area contributed by atoms with Gasteiger partial charge in [-0.2, -0.15) is 0 Å². The fourth-order valence-electron chi connectivity index (χ4n) is 2.91. The molecule has 0 spiro atoms. The quantitative estimate of drug-likeness (QED) is 0.885. The van der Waals surface area contributed by atoms with Crippen molar-refractivity contribution in [2.45, 2.75) is 43.8 Å². The summed E-state index contributed by atoms with van der Waals surface area (Å²) in [5.41, 5.74) is 2.04. The topological polar surface area (TPSA) is 42.4 Å². The summed E-state index contributed by atoms with van der Waals surface area (Å²) >= 11 is 1.62. The summed E-state index contributed by atoms with van der Waals surface area (Å²) in [5.74, 6) is 0. The van der Waals surface area contributed by atoms with E-state index in [0.29, 0.717) is 12.8 Å². The van der Waals surface area contributed by atoms with Crippen LogP contribution >= 0.6 is 11.3 Å². The smallest absolute Gasteiger partial charge is 0.0958 e. The lowest BCUT2D eigenvalue weighted by atomic mass is 9.76. The number of aliphatic hydroxyl groups is 1. The van der Waals surface area contributed by atoms with Gasteiger partial charge in [-0.25, -0.2) is 4.98 Å². The molecule has 1 N–H and O–H groups in total. The van der Waals surface area contributed by atoms with Gasteiger partial charge in [-0.3, -0.25) is 0 Å². The Kier molecular flexibility index (Phi) is 4.38. The molecule has 4 heteroatoms. The Morgan fingerprint density at radius 1 is 1.33 bits per heavy atom. The second-order valence-electron chi connectivity index (χ2n) is 5.80. The molecule has 1 fully saturated rings. The molecular formula is C17H21NO2S. The third-order valence-corrected chi connectivity index (χ3v) is 5.21. The van der Waals surface area contributed by atoms with Crippen LogP contribution < -0.4 is 0 Å². The van der Waals surface area contributed by atoms with Gasteiger partial charge in [0.25, 0.3) is 0 Å². The van der Waals surface area contributed by atoms with Crippen LogP contribution in [0.25, 0.3) is 11.3 Å². The number of ether oxygens (including phenoxy) is 1. The molecule has 2 aromatic rings. The Bertz CT molecular complexity index is 572. The van der Waals surface area contributed by atoms with Crippen molar-refractivity contribution in [2.24, 2.45) is 0 Å². The molecule has 1 aliphatic rings. The summed E-state index contributed by atoms with van der Waals surface area (Å²) in [6.07, 6.45) is 4.28. The molecule has 1 aromatic heterocycles. The minimum Gasteiger partial charge on any atom is -0.393 e. The molecule has 0 bridgehead atoms. The van der Waals surface area contributed by atoms with Crippen LogP contribution in [0, 0.1) is 0 Å². The van der Waals surface area contributed by atoms with Crippen molar-refractivity contribution in [2.75, 3.05) is 7.11 Å². The molecule has 1 aromatic carbocycles. The van der Waals surface area contributed by atoms with E-state index in [0.717, 1.165) is 29.1 Å². The van der Waals surface area contributed by atoms with Crippen molar-refractivity contribution in [3.63, 3.8) is 0 Å². The Hall–Kier alpha value is -1.23. The number of rotatable bonds is 6. The first-order chi connectivity index (χ1) is 10.2. The van der Waals surface area contributed by atoms with E-state index in [2.05, 4.69) is 22.5 Å². The maximum Gasteiger partial charge on any atom is 0.0958 e. The number of aromatic nitrogens is 1. The van der Waals surface area contributed by atoms with Gasteiger partial charge in [0.15, 0.2) is 0 Å². The molecule has 0 aliphatic heterocycles. The molecular weight excluding hydrogens is 282 g/mol. The van der Waals surface area contributed by atoms with Gasteiger partial charge in [0.2, 0.25) is 0 Å². The Labute approximate surface area is 129 Å². The normalized spacial score (nSPS) is 18.2.